The minimum absolute atomic E-state index is 0.111. The molecular formula is C30H36F3N5O6. The summed E-state index contributed by atoms with van der Waals surface area (Å²) < 4.78 is 61.1. The molecule has 2 heterocycles. The number of benzene rings is 2. The van der Waals surface area contributed by atoms with Crippen molar-refractivity contribution in [1.82, 2.24) is 20.0 Å². The number of amides is 3. The van der Waals surface area contributed by atoms with Crippen LogP contribution in [0.2, 0.25) is 0 Å². The number of alkyl halides is 3. The van der Waals surface area contributed by atoms with Gasteiger partial charge in [0, 0.05) is 25.8 Å². The third kappa shape index (κ3) is 8.56. The molecule has 0 bridgehead atoms. The third-order valence-corrected chi connectivity index (χ3v) is 6.60. The van der Waals surface area contributed by atoms with Crippen LogP contribution < -0.4 is 20.1 Å². The van der Waals surface area contributed by atoms with E-state index in [9.17, 15) is 22.8 Å². The number of carbonyl (C=O) groups excluding carboxylic acids is 2. The van der Waals surface area contributed by atoms with Gasteiger partial charge in [-0.1, -0.05) is 24.3 Å². The van der Waals surface area contributed by atoms with E-state index in [1.165, 1.54) is 30.0 Å². The van der Waals surface area contributed by atoms with Gasteiger partial charge >= 0.3 is 18.5 Å². The Balaban J connectivity index is 1.49. The van der Waals surface area contributed by atoms with Gasteiger partial charge in [-0.05, 0) is 63.9 Å². The molecule has 14 heteroatoms. The number of aromatic nitrogens is 2. The van der Waals surface area contributed by atoms with Crippen LogP contribution in [0.1, 0.15) is 43.9 Å². The molecule has 0 radical (unpaired) electrons. The van der Waals surface area contributed by atoms with Crippen molar-refractivity contribution in [1.29, 1.82) is 0 Å². The number of likely N-dealkylation sites (tertiary alicyclic amines) is 1. The summed E-state index contributed by atoms with van der Waals surface area (Å²) in [6.45, 7) is 7.73. The monoisotopic (exact) mass is 619 g/mol. The summed E-state index contributed by atoms with van der Waals surface area (Å²) in [5.41, 5.74) is 1.24. The van der Waals surface area contributed by atoms with Crippen LogP contribution in [0.15, 0.2) is 48.5 Å². The largest absolute Gasteiger partial charge is 0.573 e. The van der Waals surface area contributed by atoms with Crippen molar-refractivity contribution in [3.63, 3.8) is 0 Å². The second kappa shape index (κ2) is 13.5. The highest BCUT2D eigenvalue weighted by Gasteiger charge is 2.36. The number of nitrogens with zero attached hydrogens (tertiary/aromatic N) is 3. The number of methoxy groups -OCH3 is 1. The van der Waals surface area contributed by atoms with Gasteiger partial charge in [0.2, 0.25) is 5.88 Å². The fourth-order valence-corrected chi connectivity index (χ4v) is 4.44. The molecule has 2 aromatic carbocycles. The first-order chi connectivity index (χ1) is 20.7. The Morgan fingerprint density at radius 1 is 1.09 bits per heavy atom. The summed E-state index contributed by atoms with van der Waals surface area (Å²) in [5, 5.41) is 9.88. The number of anilines is 1. The zero-order chi connectivity index (χ0) is 32.1. The van der Waals surface area contributed by atoms with Gasteiger partial charge in [0.15, 0.2) is 0 Å². The summed E-state index contributed by atoms with van der Waals surface area (Å²) in [4.78, 5) is 27.1. The summed E-state index contributed by atoms with van der Waals surface area (Å²) in [6.07, 6.45) is -4.59. The van der Waals surface area contributed by atoms with E-state index >= 15 is 0 Å². The molecule has 1 fully saturated rings. The molecule has 2 N–H and O–H groups in total. The van der Waals surface area contributed by atoms with E-state index in [4.69, 9.17) is 14.2 Å². The number of urea groups is 1. The molecule has 4 rings (SSSR count). The van der Waals surface area contributed by atoms with Crippen molar-refractivity contribution >= 4 is 17.9 Å². The first kappa shape index (κ1) is 32.5. The Hall–Kier alpha value is -4.46. The number of nitrogens with one attached hydrogen (secondary N) is 2. The molecule has 0 saturated carbocycles. The maximum Gasteiger partial charge on any atom is 0.573 e. The molecular weight excluding hydrogens is 583 g/mol. The smallest absolute Gasteiger partial charge is 0.474 e. The first-order valence-electron chi connectivity index (χ1n) is 13.9. The molecule has 1 aliphatic rings. The lowest BCUT2D eigenvalue weighted by Gasteiger charge is -2.40. The van der Waals surface area contributed by atoms with Crippen molar-refractivity contribution in [3.05, 3.63) is 65.2 Å². The van der Waals surface area contributed by atoms with Crippen molar-refractivity contribution in [2.75, 3.05) is 25.6 Å². The van der Waals surface area contributed by atoms with E-state index in [0.29, 0.717) is 29.2 Å². The van der Waals surface area contributed by atoms with E-state index in [1.807, 2.05) is 6.07 Å². The van der Waals surface area contributed by atoms with E-state index < -0.39 is 29.8 Å². The van der Waals surface area contributed by atoms with Crippen LogP contribution in [0.3, 0.4) is 0 Å². The van der Waals surface area contributed by atoms with Crippen LogP contribution in [-0.2, 0) is 22.6 Å². The Bertz CT molecular complexity index is 1460. The highest BCUT2D eigenvalue weighted by Crippen LogP contribution is 2.31. The van der Waals surface area contributed by atoms with Crippen molar-refractivity contribution < 1.29 is 41.7 Å². The van der Waals surface area contributed by atoms with Gasteiger partial charge in [-0.2, -0.15) is 0 Å². The maximum absolute atomic E-state index is 13.0. The Kier molecular flexibility index (Phi) is 9.92. The second-order valence-electron chi connectivity index (χ2n) is 11.2. The van der Waals surface area contributed by atoms with E-state index in [2.05, 4.69) is 20.5 Å². The Labute approximate surface area is 253 Å². The Morgan fingerprint density at radius 2 is 1.82 bits per heavy atom. The maximum atomic E-state index is 13.0. The predicted molar refractivity (Wildman–Crippen MR) is 155 cm³/mol. The quantitative estimate of drug-likeness (QED) is 0.289. The van der Waals surface area contributed by atoms with Crippen LogP contribution in [0.25, 0.3) is 5.69 Å². The normalized spacial score (nSPS) is 14.9. The number of hydrogen-bond donors (Lipinski definition) is 2. The third-order valence-electron chi connectivity index (χ3n) is 6.60. The topological polar surface area (TPSA) is 116 Å². The lowest BCUT2D eigenvalue weighted by atomic mass is 10.1. The SMILES string of the molecule is COCc1ccc(OC(F)(F)F)c(CNC(=O)Nc2c(C)c(OCC3CCN3C(=O)OC(C)(C)C)nn2-c2ccccc2)c1. The molecule has 3 amide bonds. The molecule has 1 atom stereocenters. The number of halogens is 3. The molecule has 0 aliphatic carbocycles. The summed E-state index contributed by atoms with van der Waals surface area (Å²) >= 11 is 0. The molecule has 1 aliphatic heterocycles. The van der Waals surface area contributed by atoms with Gasteiger partial charge in [0.25, 0.3) is 0 Å². The van der Waals surface area contributed by atoms with Crippen LogP contribution >= 0.6 is 0 Å². The zero-order valence-corrected chi connectivity index (χ0v) is 25.2. The molecule has 1 unspecified atom stereocenters. The lowest BCUT2D eigenvalue weighted by molar-refractivity contribution is -0.274. The number of para-hydroxylation sites is 1. The highest BCUT2D eigenvalue weighted by atomic mass is 19.4. The van der Waals surface area contributed by atoms with Crippen LogP contribution in [0.4, 0.5) is 28.6 Å². The predicted octanol–water partition coefficient (Wildman–Crippen LogP) is 5.94. The summed E-state index contributed by atoms with van der Waals surface area (Å²) in [7, 11) is 1.46. The average Bonchev–Trinajstić information content (AvgIpc) is 3.21. The van der Waals surface area contributed by atoms with Crippen molar-refractivity contribution in [3.8, 4) is 17.3 Å². The van der Waals surface area contributed by atoms with E-state index in [1.54, 1.807) is 56.9 Å². The Morgan fingerprint density at radius 3 is 2.43 bits per heavy atom. The number of carbonyl (C=O) groups is 2. The van der Waals surface area contributed by atoms with Gasteiger partial charge < -0.3 is 29.2 Å². The average molecular weight is 620 g/mol. The number of hydrogen-bond acceptors (Lipinski definition) is 7. The van der Waals surface area contributed by atoms with Crippen LogP contribution in [0, 0.1) is 6.92 Å². The van der Waals surface area contributed by atoms with Gasteiger partial charge in [-0.15, -0.1) is 18.3 Å². The summed E-state index contributed by atoms with van der Waals surface area (Å²) in [6, 6.07) is 12.2. The van der Waals surface area contributed by atoms with Gasteiger partial charge in [0.05, 0.1) is 23.9 Å². The van der Waals surface area contributed by atoms with E-state index in [-0.39, 0.29) is 37.2 Å². The highest BCUT2D eigenvalue weighted by molar-refractivity contribution is 5.89. The standard InChI is InChI=1S/C30H36F3N5O6/c1-19-25(35-27(39)34-16-21-15-20(17-41-5)11-12-24(21)43-30(31,32)33)38(22-9-7-6-8-10-22)36-26(19)42-18-23-13-14-37(23)28(40)44-29(2,3)4/h6-12,15,23H,13-14,16-18H2,1-5H3,(H2,34,35,39). The van der Waals surface area contributed by atoms with Crippen LogP contribution in [-0.4, -0.2) is 65.1 Å². The molecule has 1 aromatic heterocycles. The van der Waals surface area contributed by atoms with E-state index in [0.717, 1.165) is 6.42 Å². The lowest BCUT2D eigenvalue weighted by Crippen LogP contribution is -2.55. The van der Waals surface area contributed by atoms with Gasteiger partial charge in [0.1, 0.15) is 23.8 Å². The molecule has 44 heavy (non-hydrogen) atoms. The first-order valence-corrected chi connectivity index (χ1v) is 13.9. The minimum atomic E-state index is -4.90. The fraction of sp³-hybridized carbons (Fsp3) is 0.433. The molecule has 0 spiro atoms. The van der Waals surface area contributed by atoms with Crippen molar-refractivity contribution in [2.45, 2.75) is 65.3 Å². The minimum Gasteiger partial charge on any atom is -0.474 e. The fourth-order valence-electron chi connectivity index (χ4n) is 4.44. The van der Waals surface area contributed by atoms with Crippen molar-refractivity contribution in [2.24, 2.45) is 0 Å². The van der Waals surface area contributed by atoms with Gasteiger partial charge in [-0.25, -0.2) is 14.3 Å². The molecule has 11 nitrogen and oxygen atoms in total. The molecule has 3 aromatic rings. The molecule has 1 saturated heterocycles. The summed E-state index contributed by atoms with van der Waals surface area (Å²) in [5.74, 6) is 0.102. The number of rotatable bonds is 10. The number of ether oxygens (including phenoxy) is 4. The molecule has 238 valence electrons. The zero-order valence-electron chi connectivity index (χ0n) is 25.2. The van der Waals surface area contributed by atoms with Crippen LogP contribution in [0.5, 0.6) is 11.6 Å². The second-order valence-corrected chi connectivity index (χ2v) is 11.2. The van der Waals surface area contributed by atoms with Gasteiger partial charge in [-0.3, -0.25) is 5.32 Å².